The van der Waals surface area contributed by atoms with Crippen molar-refractivity contribution in [1.29, 1.82) is 0 Å². The van der Waals surface area contributed by atoms with Crippen LogP contribution in [0.5, 0.6) is 0 Å². The Morgan fingerprint density at radius 1 is 0.921 bits per heavy atom. The molecule has 0 aliphatic rings. The van der Waals surface area contributed by atoms with Crippen molar-refractivity contribution in [1.82, 2.24) is 10.2 Å². The van der Waals surface area contributed by atoms with Gasteiger partial charge >= 0.3 is 0 Å². The van der Waals surface area contributed by atoms with Crippen LogP contribution in [0.4, 0.5) is 5.69 Å². The lowest BCUT2D eigenvalue weighted by atomic mass is 10.0. The molecule has 0 saturated heterocycles. The summed E-state index contributed by atoms with van der Waals surface area (Å²) in [4.78, 5) is 28.1. The maximum Gasteiger partial charge on any atom is 0.264 e. The second-order valence-corrected chi connectivity index (χ2v) is 11.6. The molecule has 0 unspecified atom stereocenters. The van der Waals surface area contributed by atoms with Crippen LogP contribution in [0.15, 0.2) is 83.8 Å². The Morgan fingerprint density at radius 3 is 2.05 bits per heavy atom. The van der Waals surface area contributed by atoms with Gasteiger partial charge in [-0.05, 0) is 59.9 Å². The van der Waals surface area contributed by atoms with Crippen molar-refractivity contribution in [3.05, 3.63) is 95.0 Å². The molecule has 38 heavy (non-hydrogen) atoms. The Hall–Kier alpha value is -3.36. The number of carbonyl (C=O) groups is 2. The van der Waals surface area contributed by atoms with Crippen LogP contribution in [0, 0.1) is 0 Å². The summed E-state index contributed by atoms with van der Waals surface area (Å²) in [7, 11) is -2.57. The van der Waals surface area contributed by atoms with Gasteiger partial charge in [0.1, 0.15) is 12.6 Å². The van der Waals surface area contributed by atoms with Crippen LogP contribution in [0.25, 0.3) is 0 Å². The van der Waals surface area contributed by atoms with E-state index in [4.69, 9.17) is 11.6 Å². The first-order valence-electron chi connectivity index (χ1n) is 12.5. The smallest absolute Gasteiger partial charge is 0.264 e. The Bertz CT molecular complexity index is 1330. The summed E-state index contributed by atoms with van der Waals surface area (Å²) >= 11 is 6.03. The minimum absolute atomic E-state index is 0.0725. The lowest BCUT2D eigenvalue weighted by Gasteiger charge is -2.33. The van der Waals surface area contributed by atoms with Gasteiger partial charge in [-0.25, -0.2) is 8.42 Å². The van der Waals surface area contributed by atoms with Crippen molar-refractivity contribution in [2.45, 2.75) is 50.6 Å². The van der Waals surface area contributed by atoms with Crippen LogP contribution >= 0.6 is 11.6 Å². The molecular weight excluding hydrogens is 522 g/mol. The number of rotatable bonds is 11. The third kappa shape index (κ3) is 6.94. The van der Waals surface area contributed by atoms with E-state index in [1.54, 1.807) is 54.6 Å². The third-order valence-electron chi connectivity index (χ3n) is 6.36. The number of hydrogen-bond acceptors (Lipinski definition) is 4. The van der Waals surface area contributed by atoms with Crippen LogP contribution in [0.1, 0.15) is 44.2 Å². The molecular formula is C29H34ClN3O4S. The Labute approximate surface area is 230 Å². The van der Waals surface area contributed by atoms with Crippen molar-refractivity contribution in [3.8, 4) is 0 Å². The molecule has 2 amide bonds. The standard InChI is InChI=1S/C29H34ClN3O4S/c1-5-27(29(35)31-4)32(19-22-11-15-24(30)16-12-22)28(34)20-33(25-17-13-23(14-18-25)21(2)3)38(36,37)26-9-7-6-8-10-26/h6-18,21,27H,5,19-20H2,1-4H3,(H,31,35)/t27-/m1/s1. The number of amides is 2. The molecule has 0 aliphatic carbocycles. The van der Waals surface area contributed by atoms with Gasteiger partial charge in [0.15, 0.2) is 0 Å². The van der Waals surface area contributed by atoms with Gasteiger partial charge in [-0.1, -0.05) is 74.8 Å². The summed E-state index contributed by atoms with van der Waals surface area (Å²) in [6.07, 6.45) is 0.355. The van der Waals surface area contributed by atoms with E-state index in [0.717, 1.165) is 15.4 Å². The molecule has 3 aromatic carbocycles. The molecule has 202 valence electrons. The molecule has 3 rings (SSSR count). The zero-order valence-electron chi connectivity index (χ0n) is 22.1. The fourth-order valence-electron chi connectivity index (χ4n) is 4.15. The molecule has 7 nitrogen and oxygen atoms in total. The number of benzene rings is 3. The first-order valence-corrected chi connectivity index (χ1v) is 14.3. The first kappa shape index (κ1) is 29.2. The average molecular weight is 556 g/mol. The van der Waals surface area contributed by atoms with E-state index >= 15 is 0 Å². The van der Waals surface area contributed by atoms with Gasteiger partial charge in [-0.3, -0.25) is 13.9 Å². The SMILES string of the molecule is CC[C@H](C(=O)NC)N(Cc1ccc(Cl)cc1)C(=O)CN(c1ccc(C(C)C)cc1)S(=O)(=O)c1ccccc1. The highest BCUT2D eigenvalue weighted by molar-refractivity contribution is 7.92. The minimum atomic E-state index is -4.08. The Kier molecular flexibility index (Phi) is 9.94. The molecule has 0 saturated carbocycles. The van der Waals surface area contributed by atoms with Crippen LogP contribution in [-0.2, 0) is 26.2 Å². The molecule has 1 N–H and O–H groups in total. The zero-order valence-corrected chi connectivity index (χ0v) is 23.7. The molecule has 1 atom stereocenters. The van der Waals surface area contributed by atoms with E-state index < -0.39 is 28.5 Å². The topological polar surface area (TPSA) is 86.8 Å². The summed E-state index contributed by atoms with van der Waals surface area (Å²) in [5.74, 6) is -0.561. The van der Waals surface area contributed by atoms with Gasteiger partial charge in [-0.15, -0.1) is 0 Å². The van der Waals surface area contributed by atoms with Gasteiger partial charge in [0.05, 0.1) is 10.6 Å². The Morgan fingerprint density at radius 2 is 1.53 bits per heavy atom. The van der Waals surface area contributed by atoms with Crippen molar-refractivity contribution in [3.63, 3.8) is 0 Å². The van der Waals surface area contributed by atoms with Crippen LogP contribution in [0.2, 0.25) is 5.02 Å². The first-order chi connectivity index (χ1) is 18.1. The molecule has 3 aromatic rings. The molecule has 0 spiro atoms. The number of hydrogen-bond donors (Lipinski definition) is 1. The van der Waals surface area contributed by atoms with E-state index in [-0.39, 0.29) is 23.3 Å². The molecule has 0 aliphatic heterocycles. The lowest BCUT2D eigenvalue weighted by Crippen LogP contribution is -2.51. The van der Waals surface area contributed by atoms with E-state index in [0.29, 0.717) is 17.1 Å². The van der Waals surface area contributed by atoms with E-state index in [1.807, 2.05) is 19.1 Å². The largest absolute Gasteiger partial charge is 0.357 e. The maximum absolute atomic E-state index is 13.9. The van der Waals surface area contributed by atoms with Crippen LogP contribution < -0.4 is 9.62 Å². The number of sulfonamides is 1. The van der Waals surface area contributed by atoms with E-state index in [2.05, 4.69) is 19.2 Å². The summed E-state index contributed by atoms with van der Waals surface area (Å²) in [6.45, 7) is 5.56. The Balaban J connectivity index is 2.05. The van der Waals surface area contributed by atoms with Crippen molar-refractivity contribution in [2.24, 2.45) is 0 Å². The molecule has 0 heterocycles. The fraction of sp³-hybridized carbons (Fsp3) is 0.310. The quantitative estimate of drug-likeness (QED) is 0.352. The lowest BCUT2D eigenvalue weighted by molar-refractivity contribution is -0.140. The highest BCUT2D eigenvalue weighted by atomic mass is 35.5. The van der Waals surface area contributed by atoms with Crippen molar-refractivity contribution >= 4 is 39.1 Å². The highest BCUT2D eigenvalue weighted by Crippen LogP contribution is 2.27. The fourth-order valence-corrected chi connectivity index (χ4v) is 5.71. The van der Waals surface area contributed by atoms with E-state index in [9.17, 15) is 18.0 Å². The number of likely N-dealkylation sites (N-methyl/N-ethyl adjacent to an activating group) is 1. The van der Waals surface area contributed by atoms with E-state index in [1.165, 1.54) is 24.1 Å². The normalized spacial score (nSPS) is 12.2. The predicted molar refractivity (Wildman–Crippen MR) is 152 cm³/mol. The van der Waals surface area contributed by atoms with Gasteiger partial charge in [-0.2, -0.15) is 0 Å². The van der Waals surface area contributed by atoms with Gasteiger partial charge in [0.2, 0.25) is 11.8 Å². The molecule has 9 heteroatoms. The summed E-state index contributed by atoms with van der Waals surface area (Å²) in [5, 5.41) is 3.17. The minimum Gasteiger partial charge on any atom is -0.357 e. The van der Waals surface area contributed by atoms with Gasteiger partial charge in [0, 0.05) is 18.6 Å². The van der Waals surface area contributed by atoms with Crippen LogP contribution in [-0.4, -0.2) is 44.8 Å². The number of nitrogens with one attached hydrogen (secondary N) is 1. The number of carbonyl (C=O) groups excluding carboxylic acids is 2. The van der Waals surface area contributed by atoms with Crippen molar-refractivity contribution in [2.75, 3.05) is 17.9 Å². The predicted octanol–water partition coefficient (Wildman–Crippen LogP) is 5.21. The molecule has 0 fully saturated rings. The highest BCUT2D eigenvalue weighted by Gasteiger charge is 2.33. The maximum atomic E-state index is 13.9. The molecule has 0 radical (unpaired) electrons. The summed E-state index contributed by atoms with van der Waals surface area (Å²) in [5.41, 5.74) is 2.18. The number of nitrogens with zero attached hydrogens (tertiary/aromatic N) is 2. The van der Waals surface area contributed by atoms with Gasteiger partial charge in [0.25, 0.3) is 10.0 Å². The summed E-state index contributed by atoms with van der Waals surface area (Å²) < 4.78 is 28.7. The third-order valence-corrected chi connectivity index (χ3v) is 8.40. The van der Waals surface area contributed by atoms with Crippen molar-refractivity contribution < 1.29 is 18.0 Å². The zero-order chi connectivity index (χ0) is 27.9. The molecule has 0 aromatic heterocycles. The summed E-state index contributed by atoms with van der Waals surface area (Å²) in [6, 6.07) is 21.4. The second kappa shape index (κ2) is 12.9. The second-order valence-electron chi connectivity index (χ2n) is 9.26. The number of anilines is 1. The van der Waals surface area contributed by atoms with Crippen LogP contribution in [0.3, 0.4) is 0 Å². The van der Waals surface area contributed by atoms with Gasteiger partial charge < -0.3 is 10.2 Å². The monoisotopic (exact) mass is 555 g/mol. The number of halogens is 1. The molecule has 0 bridgehead atoms. The average Bonchev–Trinajstić information content (AvgIpc) is 2.92.